The zero-order chi connectivity index (χ0) is 17.3. The van der Waals surface area contributed by atoms with E-state index in [1.807, 2.05) is 0 Å². The molecular formula is C16H15ClN2O4S. The van der Waals surface area contributed by atoms with Crippen molar-refractivity contribution in [1.29, 1.82) is 0 Å². The summed E-state index contributed by atoms with van der Waals surface area (Å²) in [6.45, 7) is 2.44. The largest absolute Gasteiger partial charge is 0.447 e. The summed E-state index contributed by atoms with van der Waals surface area (Å²) in [6.07, 6.45) is -0.444. The number of benzene rings is 2. The Morgan fingerprint density at radius 2 is 2.00 bits per heavy atom. The van der Waals surface area contributed by atoms with Gasteiger partial charge in [-0.25, -0.2) is 13.2 Å². The van der Waals surface area contributed by atoms with Crippen molar-refractivity contribution in [3.63, 3.8) is 0 Å². The maximum Gasteiger partial charge on any atom is 0.414 e. The van der Waals surface area contributed by atoms with Crippen LogP contribution in [-0.4, -0.2) is 27.7 Å². The van der Waals surface area contributed by atoms with Crippen molar-refractivity contribution in [3.8, 4) is 0 Å². The first kappa shape index (κ1) is 16.6. The molecule has 1 saturated heterocycles. The second-order valence-electron chi connectivity index (χ2n) is 5.33. The van der Waals surface area contributed by atoms with Crippen LogP contribution in [0, 0.1) is 6.92 Å². The minimum Gasteiger partial charge on any atom is -0.447 e. The van der Waals surface area contributed by atoms with Crippen molar-refractivity contribution in [3.05, 3.63) is 53.1 Å². The zero-order valence-electron chi connectivity index (χ0n) is 12.8. The first-order valence-corrected chi connectivity index (χ1v) is 9.06. The fraction of sp³-hybridized carbons (Fsp3) is 0.188. The summed E-state index contributed by atoms with van der Waals surface area (Å²) in [4.78, 5) is 13.2. The molecule has 2 aromatic rings. The summed E-state index contributed by atoms with van der Waals surface area (Å²) in [5.74, 6) is 0. The smallest absolute Gasteiger partial charge is 0.414 e. The van der Waals surface area contributed by atoms with Crippen LogP contribution in [0.4, 0.5) is 16.2 Å². The highest BCUT2D eigenvalue weighted by molar-refractivity contribution is 7.92. The van der Waals surface area contributed by atoms with Gasteiger partial charge in [0.15, 0.2) is 0 Å². The van der Waals surface area contributed by atoms with Crippen LogP contribution < -0.4 is 9.62 Å². The number of hydrogen-bond acceptors (Lipinski definition) is 4. The maximum absolute atomic E-state index is 12.6. The lowest BCUT2D eigenvalue weighted by atomic mass is 10.2. The Morgan fingerprint density at radius 1 is 1.21 bits per heavy atom. The summed E-state index contributed by atoms with van der Waals surface area (Å²) < 4.78 is 32.6. The highest BCUT2D eigenvalue weighted by atomic mass is 35.5. The Bertz CT molecular complexity index is 899. The van der Waals surface area contributed by atoms with Crippen LogP contribution in [0.15, 0.2) is 47.4 Å². The molecule has 1 heterocycles. The van der Waals surface area contributed by atoms with Crippen LogP contribution in [0.1, 0.15) is 5.56 Å². The first-order valence-electron chi connectivity index (χ1n) is 7.20. The lowest BCUT2D eigenvalue weighted by Gasteiger charge is -2.15. The van der Waals surface area contributed by atoms with E-state index >= 15 is 0 Å². The van der Waals surface area contributed by atoms with E-state index in [2.05, 4.69) is 4.72 Å². The van der Waals surface area contributed by atoms with Crippen LogP contribution in [0.25, 0.3) is 0 Å². The molecule has 0 aromatic heterocycles. The SMILES string of the molecule is Cc1ccc(Cl)cc1S(=O)(=O)Nc1cccc(N2CCOC2=O)c1. The molecule has 0 atom stereocenters. The average molecular weight is 367 g/mol. The minimum atomic E-state index is -3.79. The number of cyclic esters (lactones) is 1. The molecule has 0 aliphatic carbocycles. The quantitative estimate of drug-likeness (QED) is 0.899. The topological polar surface area (TPSA) is 75.7 Å². The highest BCUT2D eigenvalue weighted by Crippen LogP contribution is 2.26. The van der Waals surface area contributed by atoms with Crippen LogP contribution in [0.5, 0.6) is 0 Å². The van der Waals surface area contributed by atoms with Gasteiger partial charge >= 0.3 is 6.09 Å². The van der Waals surface area contributed by atoms with Gasteiger partial charge in [-0.3, -0.25) is 9.62 Å². The number of nitrogens with zero attached hydrogens (tertiary/aromatic N) is 1. The molecule has 0 saturated carbocycles. The Hall–Kier alpha value is -2.25. The van der Waals surface area contributed by atoms with E-state index < -0.39 is 16.1 Å². The van der Waals surface area contributed by atoms with E-state index in [1.165, 1.54) is 11.0 Å². The predicted octanol–water partition coefficient (Wildman–Crippen LogP) is 3.41. The Labute approximate surface area is 145 Å². The summed E-state index contributed by atoms with van der Waals surface area (Å²) in [5.41, 5.74) is 1.51. The van der Waals surface area contributed by atoms with Crippen molar-refractivity contribution in [1.82, 2.24) is 0 Å². The third-order valence-corrected chi connectivity index (χ3v) is 5.37. The number of ether oxygens (including phenoxy) is 1. The van der Waals surface area contributed by atoms with Crippen molar-refractivity contribution in [2.75, 3.05) is 22.8 Å². The van der Waals surface area contributed by atoms with Gasteiger partial charge in [0.1, 0.15) is 6.61 Å². The van der Waals surface area contributed by atoms with Gasteiger partial charge in [-0.2, -0.15) is 0 Å². The normalized spacial score (nSPS) is 14.6. The van der Waals surface area contributed by atoms with Crippen molar-refractivity contribution >= 4 is 39.1 Å². The molecule has 126 valence electrons. The fourth-order valence-electron chi connectivity index (χ4n) is 2.44. The van der Waals surface area contributed by atoms with Crippen LogP contribution in [-0.2, 0) is 14.8 Å². The number of rotatable bonds is 4. The van der Waals surface area contributed by atoms with Crippen LogP contribution in [0.2, 0.25) is 5.02 Å². The molecule has 0 unspecified atom stereocenters. The van der Waals surface area contributed by atoms with Gasteiger partial charge < -0.3 is 4.74 Å². The molecule has 1 N–H and O–H groups in total. The number of carbonyl (C=O) groups is 1. The number of aryl methyl sites for hydroxylation is 1. The molecule has 1 aliphatic rings. The maximum atomic E-state index is 12.6. The number of carbonyl (C=O) groups excluding carboxylic acids is 1. The predicted molar refractivity (Wildman–Crippen MR) is 92.1 cm³/mol. The summed E-state index contributed by atoms with van der Waals surface area (Å²) >= 11 is 5.90. The summed E-state index contributed by atoms with van der Waals surface area (Å²) in [5, 5.41) is 0.342. The third-order valence-electron chi connectivity index (χ3n) is 3.61. The average Bonchev–Trinajstić information content (AvgIpc) is 2.95. The van der Waals surface area contributed by atoms with Crippen LogP contribution in [0.3, 0.4) is 0 Å². The Balaban J connectivity index is 1.90. The molecule has 1 aliphatic heterocycles. The lowest BCUT2D eigenvalue weighted by molar-refractivity contribution is 0.181. The zero-order valence-corrected chi connectivity index (χ0v) is 14.4. The highest BCUT2D eigenvalue weighted by Gasteiger charge is 2.24. The monoisotopic (exact) mass is 366 g/mol. The number of hydrogen-bond donors (Lipinski definition) is 1. The van der Waals surface area contributed by atoms with Gasteiger partial charge in [0.25, 0.3) is 10.0 Å². The number of halogens is 1. The molecular weight excluding hydrogens is 352 g/mol. The second-order valence-corrected chi connectivity index (χ2v) is 7.42. The number of anilines is 2. The standard InChI is InChI=1S/C16H15ClN2O4S/c1-11-5-6-12(17)9-15(11)24(21,22)18-13-3-2-4-14(10-13)19-7-8-23-16(19)20/h2-6,9-10,18H,7-8H2,1H3. The van der Waals surface area contributed by atoms with Gasteiger partial charge in [0, 0.05) is 10.7 Å². The van der Waals surface area contributed by atoms with Crippen molar-refractivity contribution in [2.45, 2.75) is 11.8 Å². The minimum absolute atomic E-state index is 0.112. The van der Waals surface area contributed by atoms with Gasteiger partial charge in [-0.15, -0.1) is 0 Å². The van der Waals surface area contributed by atoms with Crippen LogP contribution >= 0.6 is 11.6 Å². The van der Waals surface area contributed by atoms with Gasteiger partial charge in [-0.1, -0.05) is 23.7 Å². The van der Waals surface area contributed by atoms with Crippen molar-refractivity contribution < 1.29 is 17.9 Å². The molecule has 24 heavy (non-hydrogen) atoms. The Kier molecular flexibility index (Phi) is 4.38. The van der Waals surface area contributed by atoms with E-state index in [-0.39, 0.29) is 4.90 Å². The molecule has 6 nitrogen and oxygen atoms in total. The lowest BCUT2D eigenvalue weighted by Crippen LogP contribution is -2.23. The number of amides is 1. The van der Waals surface area contributed by atoms with E-state index in [0.717, 1.165) is 0 Å². The molecule has 3 rings (SSSR count). The number of nitrogens with one attached hydrogen (secondary N) is 1. The van der Waals surface area contributed by atoms with E-state index in [4.69, 9.17) is 16.3 Å². The molecule has 0 spiro atoms. The van der Waals surface area contributed by atoms with E-state index in [0.29, 0.717) is 35.1 Å². The fourth-order valence-corrected chi connectivity index (χ4v) is 4.00. The molecule has 8 heteroatoms. The number of sulfonamides is 1. The van der Waals surface area contributed by atoms with E-state index in [9.17, 15) is 13.2 Å². The van der Waals surface area contributed by atoms with Gasteiger partial charge in [-0.05, 0) is 42.8 Å². The molecule has 1 fully saturated rings. The second kappa shape index (κ2) is 6.33. The van der Waals surface area contributed by atoms with Crippen molar-refractivity contribution in [2.24, 2.45) is 0 Å². The molecule has 0 radical (unpaired) electrons. The Morgan fingerprint density at radius 3 is 2.71 bits per heavy atom. The van der Waals surface area contributed by atoms with Gasteiger partial charge in [0.05, 0.1) is 17.1 Å². The molecule has 2 aromatic carbocycles. The molecule has 0 bridgehead atoms. The first-order chi connectivity index (χ1) is 11.4. The summed E-state index contributed by atoms with van der Waals surface area (Å²) in [6, 6.07) is 11.3. The molecule has 1 amide bonds. The third kappa shape index (κ3) is 3.32. The van der Waals surface area contributed by atoms with E-state index in [1.54, 1.807) is 43.3 Å². The summed E-state index contributed by atoms with van der Waals surface area (Å²) in [7, 11) is -3.79. The van der Waals surface area contributed by atoms with Gasteiger partial charge in [0.2, 0.25) is 0 Å².